The van der Waals surface area contributed by atoms with Crippen molar-refractivity contribution in [1.29, 1.82) is 0 Å². The molecule has 4 N–H and O–H groups in total. The topological polar surface area (TPSA) is 92.0 Å². The van der Waals surface area contributed by atoms with E-state index in [1.807, 2.05) is 0 Å². The first-order valence-corrected chi connectivity index (χ1v) is 14.1. The summed E-state index contributed by atoms with van der Waals surface area (Å²) in [7, 11) is 0. The molecular weight excluding hydrogens is 434 g/mol. The van der Waals surface area contributed by atoms with E-state index in [-0.39, 0.29) is 27.6 Å². The number of fused-ring (bicyclic) bond motifs is 8. The van der Waals surface area contributed by atoms with Crippen molar-refractivity contribution in [3.05, 3.63) is 22.9 Å². The Bertz CT molecular complexity index is 1100. The number of carboxylic acid groups (broad SMARTS) is 1. The van der Waals surface area contributed by atoms with E-state index in [0.29, 0.717) is 35.4 Å². The number of rotatable bonds is 1. The average molecular weight is 480 g/mol. The summed E-state index contributed by atoms with van der Waals surface area (Å²) in [5, 5.41) is 17.8. The first-order chi connectivity index (χ1) is 16.3. The number of anilines is 1. The molecule has 192 valence electrons. The van der Waals surface area contributed by atoms with Gasteiger partial charge in [0.15, 0.2) is 0 Å². The number of aromatic amines is 1. The van der Waals surface area contributed by atoms with Crippen LogP contribution >= 0.6 is 0 Å². The number of hydrogen-bond donors (Lipinski definition) is 3. The molecule has 5 nitrogen and oxygen atoms in total. The molecule has 1 aromatic rings. The van der Waals surface area contributed by atoms with Crippen molar-refractivity contribution < 1.29 is 9.90 Å². The van der Waals surface area contributed by atoms with Crippen LogP contribution in [0.3, 0.4) is 0 Å². The Balaban J connectivity index is 1.43. The van der Waals surface area contributed by atoms with Gasteiger partial charge in [-0.05, 0) is 96.7 Å². The molecule has 5 aliphatic rings. The molecule has 5 heteroatoms. The maximum absolute atomic E-state index is 12.3. The SMILES string of the molecule is CC1c2[nH]nc(N)c2CC2(C)C1CCC1(C)C2CC=C2C3CC(C)(C)C[C@@H](C(=O)O)C3CCC21C. The van der Waals surface area contributed by atoms with Gasteiger partial charge < -0.3 is 10.8 Å². The van der Waals surface area contributed by atoms with E-state index in [1.165, 1.54) is 24.1 Å². The van der Waals surface area contributed by atoms with Gasteiger partial charge >= 0.3 is 5.97 Å². The van der Waals surface area contributed by atoms with Crippen LogP contribution in [0.15, 0.2) is 11.6 Å². The Morgan fingerprint density at radius 3 is 2.60 bits per heavy atom. The van der Waals surface area contributed by atoms with Gasteiger partial charge in [-0.25, -0.2) is 0 Å². The van der Waals surface area contributed by atoms with Gasteiger partial charge in [0.05, 0.1) is 5.92 Å². The van der Waals surface area contributed by atoms with Gasteiger partial charge in [-0.15, -0.1) is 0 Å². The predicted molar refractivity (Wildman–Crippen MR) is 139 cm³/mol. The summed E-state index contributed by atoms with van der Waals surface area (Å²) < 4.78 is 0. The highest BCUT2D eigenvalue weighted by molar-refractivity contribution is 5.71. The Morgan fingerprint density at radius 1 is 1.14 bits per heavy atom. The first-order valence-electron chi connectivity index (χ1n) is 14.1. The van der Waals surface area contributed by atoms with Crippen LogP contribution in [0.25, 0.3) is 0 Å². The van der Waals surface area contributed by atoms with Gasteiger partial charge in [0.2, 0.25) is 0 Å². The smallest absolute Gasteiger partial charge is 0.306 e. The molecule has 0 amide bonds. The van der Waals surface area contributed by atoms with Gasteiger partial charge in [-0.3, -0.25) is 9.89 Å². The summed E-state index contributed by atoms with van der Waals surface area (Å²) in [5.41, 5.74) is 11.2. The highest BCUT2D eigenvalue weighted by atomic mass is 16.4. The normalized spacial score (nSPS) is 47.9. The molecule has 1 heterocycles. The van der Waals surface area contributed by atoms with E-state index in [2.05, 4.69) is 57.8 Å². The van der Waals surface area contributed by atoms with E-state index in [9.17, 15) is 9.90 Å². The lowest BCUT2D eigenvalue weighted by Crippen LogP contribution is -2.62. The third kappa shape index (κ3) is 2.93. The van der Waals surface area contributed by atoms with Crippen LogP contribution in [0.5, 0.6) is 0 Å². The number of hydrogen-bond acceptors (Lipinski definition) is 3. The van der Waals surface area contributed by atoms with Gasteiger partial charge in [-0.2, -0.15) is 5.10 Å². The molecule has 0 bridgehead atoms. The molecule has 5 aliphatic carbocycles. The van der Waals surface area contributed by atoms with Crippen LogP contribution in [0.1, 0.15) is 104 Å². The van der Waals surface area contributed by atoms with Gasteiger partial charge in [-0.1, -0.05) is 53.2 Å². The van der Waals surface area contributed by atoms with E-state index < -0.39 is 5.97 Å². The van der Waals surface area contributed by atoms with E-state index in [4.69, 9.17) is 5.73 Å². The lowest BCUT2D eigenvalue weighted by atomic mass is 9.35. The predicted octanol–water partition coefficient (Wildman–Crippen LogP) is 6.57. The molecule has 0 aromatic carbocycles. The number of H-pyrrole nitrogens is 1. The van der Waals surface area contributed by atoms with Crippen molar-refractivity contribution >= 4 is 11.8 Å². The zero-order valence-corrected chi connectivity index (χ0v) is 22.6. The second-order valence-electron chi connectivity index (χ2n) is 14.6. The van der Waals surface area contributed by atoms with Crippen LogP contribution in [0.4, 0.5) is 5.82 Å². The summed E-state index contributed by atoms with van der Waals surface area (Å²) >= 11 is 0. The van der Waals surface area contributed by atoms with Crippen LogP contribution < -0.4 is 5.73 Å². The zero-order chi connectivity index (χ0) is 25.1. The number of nitrogens with one attached hydrogen (secondary N) is 1. The Hall–Kier alpha value is -1.78. The molecule has 3 fully saturated rings. The first kappa shape index (κ1) is 23.6. The van der Waals surface area contributed by atoms with Crippen molar-refractivity contribution in [3.8, 4) is 0 Å². The maximum Gasteiger partial charge on any atom is 0.306 e. The fraction of sp³-hybridized carbons (Fsp3) is 0.800. The Morgan fingerprint density at radius 2 is 1.89 bits per heavy atom. The summed E-state index contributed by atoms with van der Waals surface area (Å²) in [5.74, 6) is 2.36. The fourth-order valence-corrected chi connectivity index (χ4v) is 10.9. The number of aromatic nitrogens is 2. The molecule has 1 aromatic heterocycles. The standard InChI is InChI=1S/C30H45N3O2/c1-16-21-10-12-30(6)23(28(21,4)15-20-24(16)32-33-25(20)31)8-7-22-18-13-27(2,3)14-19(26(34)35)17(18)9-11-29(22,30)5/h7,16-19,21,23H,8-15H2,1-6H3,(H,34,35)(H3,31,32,33)/t16?,17?,18?,19-,21?,23?,28?,29?,30?/m1/s1. The maximum atomic E-state index is 12.3. The highest BCUT2D eigenvalue weighted by Gasteiger charge is 2.66. The van der Waals surface area contributed by atoms with E-state index in [1.54, 1.807) is 5.57 Å². The van der Waals surface area contributed by atoms with Crippen molar-refractivity contribution in [2.75, 3.05) is 5.73 Å². The number of carbonyl (C=O) groups is 1. The molecular formula is C30H45N3O2. The number of nitrogens with two attached hydrogens (primary N) is 1. The highest BCUT2D eigenvalue weighted by Crippen LogP contribution is 2.73. The van der Waals surface area contributed by atoms with Crippen molar-refractivity contribution in [2.24, 2.45) is 51.2 Å². The largest absolute Gasteiger partial charge is 0.481 e. The Labute approximate surface area is 210 Å². The van der Waals surface area contributed by atoms with Crippen LogP contribution in [-0.4, -0.2) is 21.3 Å². The van der Waals surface area contributed by atoms with Crippen molar-refractivity contribution in [2.45, 2.75) is 98.8 Å². The van der Waals surface area contributed by atoms with Gasteiger partial charge in [0, 0.05) is 17.2 Å². The third-order valence-electron chi connectivity index (χ3n) is 12.7. The molecule has 0 saturated heterocycles. The summed E-state index contributed by atoms with van der Waals surface area (Å²) in [6.45, 7) is 14.7. The molecule has 0 spiro atoms. The minimum absolute atomic E-state index is 0.0821. The number of aliphatic carboxylic acids is 1. The molecule has 0 radical (unpaired) electrons. The molecule has 0 aliphatic heterocycles. The summed E-state index contributed by atoms with van der Waals surface area (Å²) in [6, 6.07) is 0. The number of nitrogen functional groups attached to an aromatic ring is 1. The molecule has 9 atom stereocenters. The lowest BCUT2D eigenvalue weighted by molar-refractivity contribution is -0.158. The fourth-order valence-electron chi connectivity index (χ4n) is 10.9. The average Bonchev–Trinajstić information content (AvgIpc) is 3.13. The van der Waals surface area contributed by atoms with Crippen molar-refractivity contribution in [1.82, 2.24) is 10.2 Å². The third-order valence-corrected chi connectivity index (χ3v) is 12.7. The second kappa shape index (κ2) is 7.16. The molecule has 35 heavy (non-hydrogen) atoms. The van der Waals surface area contributed by atoms with Gasteiger partial charge in [0.1, 0.15) is 5.82 Å². The molecule has 8 unspecified atom stereocenters. The Kier molecular flexibility index (Phi) is 4.83. The zero-order valence-electron chi connectivity index (χ0n) is 22.6. The summed E-state index contributed by atoms with van der Waals surface area (Å²) in [4.78, 5) is 12.3. The molecule has 6 rings (SSSR count). The minimum Gasteiger partial charge on any atom is -0.481 e. The van der Waals surface area contributed by atoms with E-state index in [0.717, 1.165) is 38.5 Å². The number of carboxylic acids is 1. The van der Waals surface area contributed by atoms with Crippen LogP contribution in [0.2, 0.25) is 0 Å². The molecule has 3 saturated carbocycles. The van der Waals surface area contributed by atoms with Crippen molar-refractivity contribution in [3.63, 3.8) is 0 Å². The van der Waals surface area contributed by atoms with E-state index >= 15 is 0 Å². The number of allylic oxidation sites excluding steroid dienone is 2. The minimum atomic E-state index is -0.574. The van der Waals surface area contributed by atoms with Gasteiger partial charge in [0.25, 0.3) is 0 Å². The van der Waals surface area contributed by atoms with Crippen LogP contribution in [-0.2, 0) is 11.2 Å². The van der Waals surface area contributed by atoms with Crippen LogP contribution in [0, 0.1) is 51.2 Å². The lowest BCUT2D eigenvalue weighted by Gasteiger charge is -2.69. The second-order valence-corrected chi connectivity index (χ2v) is 14.6. The quantitative estimate of drug-likeness (QED) is 0.397. The summed E-state index contributed by atoms with van der Waals surface area (Å²) in [6.07, 6.45) is 11.4. The number of nitrogens with zero attached hydrogens (tertiary/aromatic N) is 1. The monoisotopic (exact) mass is 479 g/mol.